The molecule has 2 fully saturated rings. The first-order chi connectivity index (χ1) is 10.0. The molecule has 2 aliphatic heterocycles. The van der Waals surface area contributed by atoms with Crippen molar-refractivity contribution in [1.29, 1.82) is 0 Å². The molecule has 2 saturated heterocycles. The van der Waals surface area contributed by atoms with Crippen molar-refractivity contribution >= 4 is 10.0 Å². The van der Waals surface area contributed by atoms with Gasteiger partial charge in [-0.15, -0.1) is 6.58 Å². The third-order valence-corrected chi connectivity index (χ3v) is 6.33. The van der Waals surface area contributed by atoms with Crippen LogP contribution in [-0.4, -0.2) is 49.3 Å². The average Bonchev–Trinajstić information content (AvgIpc) is 3.02. The van der Waals surface area contributed by atoms with E-state index in [1.54, 1.807) is 4.31 Å². The largest absolute Gasteiger partial charge is 0.295 e. The van der Waals surface area contributed by atoms with Gasteiger partial charge in [-0.25, -0.2) is 12.8 Å². The lowest BCUT2D eigenvalue weighted by Gasteiger charge is -2.24. The topological polar surface area (TPSA) is 40.6 Å². The first kappa shape index (κ1) is 14.7. The van der Waals surface area contributed by atoms with E-state index in [1.807, 2.05) is 6.08 Å². The van der Waals surface area contributed by atoms with Crippen molar-refractivity contribution in [3.63, 3.8) is 0 Å². The van der Waals surface area contributed by atoms with E-state index in [-0.39, 0.29) is 17.0 Å². The molecule has 0 amide bonds. The highest BCUT2D eigenvalue weighted by Crippen LogP contribution is 2.35. The fourth-order valence-electron chi connectivity index (χ4n) is 3.49. The van der Waals surface area contributed by atoms with E-state index in [0.717, 1.165) is 32.0 Å². The Balaban J connectivity index is 1.86. The lowest BCUT2D eigenvalue weighted by Crippen LogP contribution is -2.39. The van der Waals surface area contributed by atoms with Gasteiger partial charge in [0.2, 0.25) is 10.0 Å². The Labute approximate surface area is 124 Å². The zero-order chi connectivity index (χ0) is 15.0. The summed E-state index contributed by atoms with van der Waals surface area (Å²) in [5.74, 6) is -0.522. The van der Waals surface area contributed by atoms with E-state index in [9.17, 15) is 12.8 Å². The maximum absolute atomic E-state index is 13.3. The van der Waals surface area contributed by atoms with Gasteiger partial charge in [0.15, 0.2) is 0 Å². The minimum atomic E-state index is -3.61. The van der Waals surface area contributed by atoms with Crippen molar-refractivity contribution in [1.82, 2.24) is 9.21 Å². The maximum atomic E-state index is 13.3. The molecule has 0 N–H and O–H groups in total. The highest BCUT2D eigenvalue weighted by atomic mass is 32.2. The molecular weight excluding hydrogens is 291 g/mol. The van der Waals surface area contributed by atoms with Crippen LogP contribution < -0.4 is 0 Å². The molecule has 6 heteroatoms. The molecular formula is C15H19FN2O2S. The molecule has 21 heavy (non-hydrogen) atoms. The highest BCUT2D eigenvalue weighted by Gasteiger charge is 2.46. The second kappa shape index (κ2) is 5.51. The summed E-state index contributed by atoms with van der Waals surface area (Å²) in [5, 5.41) is 0. The molecule has 2 aliphatic rings. The number of sulfonamides is 1. The van der Waals surface area contributed by atoms with Crippen LogP contribution in [0.3, 0.4) is 0 Å². The summed E-state index contributed by atoms with van der Waals surface area (Å²) in [6.07, 6.45) is 3.51. The zero-order valence-corrected chi connectivity index (χ0v) is 12.6. The van der Waals surface area contributed by atoms with Crippen LogP contribution in [0.4, 0.5) is 4.39 Å². The first-order valence-corrected chi connectivity index (χ1v) is 8.60. The monoisotopic (exact) mass is 310 g/mol. The molecule has 0 radical (unpaired) electrons. The zero-order valence-electron chi connectivity index (χ0n) is 11.8. The maximum Gasteiger partial charge on any atom is 0.243 e. The summed E-state index contributed by atoms with van der Waals surface area (Å²) in [6, 6.07) is 5.51. The van der Waals surface area contributed by atoms with Crippen LogP contribution in [0.5, 0.6) is 0 Å². The molecule has 114 valence electrons. The van der Waals surface area contributed by atoms with Crippen LogP contribution in [0.25, 0.3) is 0 Å². The number of hydrogen-bond acceptors (Lipinski definition) is 3. The van der Waals surface area contributed by atoms with Crippen molar-refractivity contribution in [2.75, 3.05) is 19.6 Å². The fraction of sp³-hybridized carbons (Fsp3) is 0.467. The van der Waals surface area contributed by atoms with Gasteiger partial charge in [-0.3, -0.25) is 4.90 Å². The van der Waals surface area contributed by atoms with Gasteiger partial charge in [0.05, 0.1) is 4.90 Å². The number of halogens is 1. The van der Waals surface area contributed by atoms with E-state index in [1.165, 1.54) is 18.2 Å². The van der Waals surface area contributed by atoms with Crippen LogP contribution in [0.1, 0.15) is 12.8 Å². The number of fused-ring (bicyclic) bond motifs is 1. The summed E-state index contributed by atoms with van der Waals surface area (Å²) in [7, 11) is -3.61. The van der Waals surface area contributed by atoms with Crippen molar-refractivity contribution in [2.45, 2.75) is 29.8 Å². The molecule has 0 aromatic heterocycles. The molecule has 2 atom stereocenters. The molecule has 2 heterocycles. The Morgan fingerprint density at radius 1 is 1.29 bits per heavy atom. The van der Waals surface area contributed by atoms with Gasteiger partial charge >= 0.3 is 0 Å². The van der Waals surface area contributed by atoms with Gasteiger partial charge in [0.1, 0.15) is 5.82 Å². The Morgan fingerprint density at radius 2 is 2.05 bits per heavy atom. The smallest absolute Gasteiger partial charge is 0.243 e. The van der Waals surface area contributed by atoms with Gasteiger partial charge in [0.25, 0.3) is 0 Å². The number of likely N-dealkylation sites (tertiary alicyclic amines) is 1. The van der Waals surface area contributed by atoms with Gasteiger partial charge in [-0.1, -0.05) is 12.1 Å². The van der Waals surface area contributed by atoms with Gasteiger partial charge in [-0.2, -0.15) is 4.31 Å². The Hall–Kier alpha value is -1.24. The molecule has 4 nitrogen and oxygen atoms in total. The third kappa shape index (κ3) is 2.52. The molecule has 1 aromatic carbocycles. The quantitative estimate of drug-likeness (QED) is 0.797. The molecule has 0 spiro atoms. The lowest BCUT2D eigenvalue weighted by atomic mass is 10.1. The molecule has 3 rings (SSSR count). The molecule has 1 aromatic rings. The second-order valence-corrected chi connectivity index (χ2v) is 7.46. The average molecular weight is 310 g/mol. The molecule has 0 unspecified atom stereocenters. The number of hydrogen-bond donors (Lipinski definition) is 0. The van der Waals surface area contributed by atoms with Crippen LogP contribution in [0, 0.1) is 5.82 Å². The standard InChI is InChI=1S/C15H19FN2O2S/c1-2-8-17-9-6-15-14(17)7-10-18(15)21(19,20)13-5-3-4-12(16)11-13/h2-5,11,14-15H,1,6-10H2/t14-,15+/m0/s1. The van der Waals surface area contributed by atoms with Crippen LogP contribution >= 0.6 is 0 Å². The molecule has 0 bridgehead atoms. The van der Waals surface area contributed by atoms with E-state index < -0.39 is 15.8 Å². The van der Waals surface area contributed by atoms with Crippen molar-refractivity contribution in [2.24, 2.45) is 0 Å². The number of nitrogens with zero attached hydrogens (tertiary/aromatic N) is 2. The van der Waals surface area contributed by atoms with E-state index in [2.05, 4.69) is 11.5 Å². The van der Waals surface area contributed by atoms with Crippen LogP contribution in [0.15, 0.2) is 41.8 Å². The van der Waals surface area contributed by atoms with Gasteiger partial charge in [0, 0.05) is 31.7 Å². The van der Waals surface area contributed by atoms with Crippen molar-refractivity contribution < 1.29 is 12.8 Å². The summed E-state index contributed by atoms with van der Waals surface area (Å²) in [4.78, 5) is 2.32. The number of rotatable bonds is 4. The third-order valence-electron chi connectivity index (χ3n) is 4.41. The van der Waals surface area contributed by atoms with Gasteiger partial charge in [-0.05, 0) is 31.0 Å². The van der Waals surface area contributed by atoms with Crippen LogP contribution in [-0.2, 0) is 10.0 Å². The fourth-order valence-corrected chi connectivity index (χ4v) is 5.22. The summed E-state index contributed by atoms with van der Waals surface area (Å²) < 4.78 is 40.3. The van der Waals surface area contributed by atoms with E-state index in [4.69, 9.17) is 0 Å². The minimum absolute atomic E-state index is 0.00165. The molecule has 0 saturated carbocycles. The van der Waals surface area contributed by atoms with E-state index >= 15 is 0 Å². The summed E-state index contributed by atoms with van der Waals surface area (Å²) >= 11 is 0. The van der Waals surface area contributed by atoms with Gasteiger partial charge < -0.3 is 0 Å². The molecule has 0 aliphatic carbocycles. The highest BCUT2D eigenvalue weighted by molar-refractivity contribution is 7.89. The van der Waals surface area contributed by atoms with E-state index in [0.29, 0.717) is 6.54 Å². The predicted octanol–water partition coefficient (Wildman–Crippen LogP) is 1.85. The Kier molecular flexibility index (Phi) is 3.86. The normalized spacial score (nSPS) is 26.9. The van der Waals surface area contributed by atoms with Crippen molar-refractivity contribution in [3.05, 3.63) is 42.7 Å². The minimum Gasteiger partial charge on any atom is -0.295 e. The Morgan fingerprint density at radius 3 is 2.76 bits per heavy atom. The first-order valence-electron chi connectivity index (χ1n) is 7.16. The predicted molar refractivity (Wildman–Crippen MR) is 78.9 cm³/mol. The summed E-state index contributed by atoms with van der Waals surface area (Å²) in [6.45, 7) is 5.92. The summed E-state index contributed by atoms with van der Waals surface area (Å²) in [5.41, 5.74) is 0. The number of benzene rings is 1. The SMILES string of the molecule is C=CCN1CC[C@@H]2[C@@H]1CCN2S(=O)(=O)c1cccc(F)c1. The lowest BCUT2D eigenvalue weighted by molar-refractivity contribution is 0.273. The van der Waals surface area contributed by atoms with Crippen LogP contribution in [0.2, 0.25) is 0 Å². The van der Waals surface area contributed by atoms with Crippen molar-refractivity contribution in [3.8, 4) is 0 Å². The Bertz CT molecular complexity index is 647. The second-order valence-electron chi connectivity index (χ2n) is 5.57.